The van der Waals surface area contributed by atoms with Crippen LogP contribution < -0.4 is 10.1 Å². The van der Waals surface area contributed by atoms with Gasteiger partial charge < -0.3 is 24.5 Å². The number of rotatable bonds is 13. The quantitative estimate of drug-likeness (QED) is 0.129. The summed E-state index contributed by atoms with van der Waals surface area (Å²) < 4.78 is 39.8. The summed E-state index contributed by atoms with van der Waals surface area (Å²) in [6.45, 7) is 3.93. The third kappa shape index (κ3) is 8.13. The van der Waals surface area contributed by atoms with Gasteiger partial charge in [-0.25, -0.2) is 8.78 Å². The Morgan fingerprint density at radius 3 is 2.07 bits per heavy atom. The second-order valence-electron chi connectivity index (χ2n) is 10.9. The van der Waals surface area contributed by atoms with Gasteiger partial charge in [0.15, 0.2) is 5.78 Å². The number of carbonyl (C=O) groups excluding carboxylic acids is 3. The van der Waals surface area contributed by atoms with Gasteiger partial charge >= 0.3 is 5.97 Å². The highest BCUT2D eigenvalue weighted by atomic mass is 19.1. The summed E-state index contributed by atoms with van der Waals surface area (Å²) in [7, 11) is 2.75. The molecule has 0 aliphatic heterocycles. The van der Waals surface area contributed by atoms with Crippen LogP contribution in [0.25, 0.3) is 28.3 Å². The third-order valence-corrected chi connectivity index (χ3v) is 7.32. The first-order valence-corrected chi connectivity index (χ1v) is 14.7. The third-order valence-electron chi connectivity index (χ3n) is 7.32. The predicted molar refractivity (Wildman–Crippen MR) is 171 cm³/mol. The van der Waals surface area contributed by atoms with Crippen molar-refractivity contribution in [3.63, 3.8) is 0 Å². The standard InChI is InChI=1S/C36H36F2N2O6/c1-22(2)40-31(17-16-28(41)19-29(42)20-32(43)46-4)33(24-8-12-26(37)13-9-24)34(25-10-14-27(38)15-11-25)35(40)36(44)39-21-23-6-5-7-30(18-23)45-3/h5-18,22,29,42H,19-21H2,1-4H3,(H,39,44)/b17-16+/t29-/m1/s1. The normalized spacial score (nSPS) is 11.9. The number of aliphatic hydroxyl groups is 1. The second-order valence-corrected chi connectivity index (χ2v) is 10.9. The molecule has 10 heteroatoms. The largest absolute Gasteiger partial charge is 0.497 e. The number of hydrogen-bond acceptors (Lipinski definition) is 6. The van der Waals surface area contributed by atoms with Crippen LogP contribution in [0.2, 0.25) is 0 Å². The summed E-state index contributed by atoms with van der Waals surface area (Å²) in [6, 6.07) is 18.4. The number of hydrogen-bond donors (Lipinski definition) is 2. The number of esters is 1. The van der Waals surface area contributed by atoms with E-state index in [9.17, 15) is 28.3 Å². The molecule has 0 radical (unpaired) electrons. The van der Waals surface area contributed by atoms with Crippen molar-refractivity contribution in [3.8, 4) is 28.0 Å². The molecule has 46 heavy (non-hydrogen) atoms. The number of aliphatic hydroxyl groups excluding tert-OH is 1. The molecule has 4 aromatic rings. The van der Waals surface area contributed by atoms with Crippen LogP contribution in [-0.4, -0.2) is 47.7 Å². The Labute approximate surface area is 266 Å². The zero-order chi connectivity index (χ0) is 33.4. The van der Waals surface area contributed by atoms with Crippen LogP contribution in [0.15, 0.2) is 78.9 Å². The molecular weight excluding hydrogens is 594 g/mol. The minimum atomic E-state index is -1.24. The monoisotopic (exact) mass is 630 g/mol. The van der Waals surface area contributed by atoms with Crippen LogP contribution >= 0.6 is 0 Å². The van der Waals surface area contributed by atoms with Crippen molar-refractivity contribution in [2.45, 2.75) is 45.4 Å². The molecule has 0 saturated carbocycles. The van der Waals surface area contributed by atoms with Crippen LogP contribution in [0.1, 0.15) is 54.5 Å². The van der Waals surface area contributed by atoms with Crippen molar-refractivity contribution in [2.75, 3.05) is 14.2 Å². The van der Waals surface area contributed by atoms with Gasteiger partial charge in [0.25, 0.3) is 5.91 Å². The fraction of sp³-hybridized carbons (Fsp3) is 0.250. The molecule has 1 amide bonds. The first-order valence-electron chi connectivity index (χ1n) is 14.7. The van der Waals surface area contributed by atoms with Gasteiger partial charge in [0.1, 0.15) is 23.1 Å². The highest BCUT2D eigenvalue weighted by Crippen LogP contribution is 2.42. The van der Waals surface area contributed by atoms with Gasteiger partial charge in [-0.3, -0.25) is 14.4 Å². The Hall–Kier alpha value is -5.09. The molecule has 0 aliphatic carbocycles. The molecule has 0 fully saturated rings. The number of allylic oxidation sites excluding steroid dienone is 1. The zero-order valence-corrected chi connectivity index (χ0v) is 26.1. The van der Waals surface area contributed by atoms with Crippen molar-refractivity contribution in [2.24, 2.45) is 0 Å². The molecule has 0 saturated heterocycles. The maximum Gasteiger partial charge on any atom is 0.308 e. The smallest absolute Gasteiger partial charge is 0.308 e. The molecule has 0 unspecified atom stereocenters. The Morgan fingerprint density at radius 1 is 0.891 bits per heavy atom. The molecule has 1 atom stereocenters. The number of nitrogens with one attached hydrogen (secondary N) is 1. The summed E-state index contributed by atoms with van der Waals surface area (Å²) >= 11 is 0. The number of ether oxygens (including phenoxy) is 2. The molecule has 8 nitrogen and oxygen atoms in total. The number of benzene rings is 3. The van der Waals surface area contributed by atoms with Gasteiger partial charge in [-0.2, -0.15) is 0 Å². The minimum absolute atomic E-state index is 0.176. The van der Waals surface area contributed by atoms with E-state index in [1.165, 1.54) is 43.5 Å². The second kappa shape index (κ2) is 15.3. The van der Waals surface area contributed by atoms with E-state index in [2.05, 4.69) is 10.1 Å². The van der Waals surface area contributed by atoms with E-state index in [0.717, 1.165) is 5.56 Å². The van der Waals surface area contributed by atoms with Gasteiger partial charge in [-0.05, 0) is 79.1 Å². The van der Waals surface area contributed by atoms with E-state index >= 15 is 0 Å². The van der Waals surface area contributed by atoms with Crippen LogP contribution in [0.4, 0.5) is 8.78 Å². The van der Waals surface area contributed by atoms with Crippen LogP contribution in [-0.2, 0) is 20.9 Å². The number of halogens is 2. The molecule has 0 aliphatic rings. The summed E-state index contributed by atoms with van der Waals surface area (Å²) in [5.41, 5.74) is 3.58. The number of amides is 1. The van der Waals surface area contributed by atoms with Gasteiger partial charge in [-0.15, -0.1) is 0 Å². The maximum atomic E-state index is 14.2. The van der Waals surface area contributed by atoms with E-state index in [1.54, 1.807) is 48.1 Å². The van der Waals surface area contributed by atoms with Crippen molar-refractivity contribution >= 4 is 23.7 Å². The Bertz CT molecular complexity index is 1730. The fourth-order valence-corrected chi connectivity index (χ4v) is 5.21. The van der Waals surface area contributed by atoms with Gasteiger partial charge in [-0.1, -0.05) is 36.4 Å². The Morgan fingerprint density at radius 2 is 1.50 bits per heavy atom. The molecule has 2 N–H and O–H groups in total. The summed E-state index contributed by atoms with van der Waals surface area (Å²) in [4.78, 5) is 38.6. The molecule has 3 aromatic carbocycles. The molecular formula is C36H36F2N2O6. The lowest BCUT2D eigenvalue weighted by molar-refractivity contribution is -0.143. The number of methoxy groups -OCH3 is 2. The molecule has 1 aromatic heterocycles. The average molecular weight is 631 g/mol. The van der Waals surface area contributed by atoms with E-state index in [1.807, 2.05) is 26.0 Å². The summed E-state index contributed by atoms with van der Waals surface area (Å²) in [5, 5.41) is 13.2. The molecule has 4 rings (SSSR count). The van der Waals surface area contributed by atoms with E-state index in [4.69, 9.17) is 4.74 Å². The average Bonchev–Trinajstić information content (AvgIpc) is 3.38. The summed E-state index contributed by atoms with van der Waals surface area (Å²) in [6.07, 6.45) is 0.890. The lowest BCUT2D eigenvalue weighted by Gasteiger charge is -2.17. The highest BCUT2D eigenvalue weighted by Gasteiger charge is 2.29. The Kier molecular flexibility index (Phi) is 11.2. The minimum Gasteiger partial charge on any atom is -0.497 e. The molecule has 1 heterocycles. The van der Waals surface area contributed by atoms with Crippen LogP contribution in [0.3, 0.4) is 0 Å². The molecule has 240 valence electrons. The lowest BCUT2D eigenvalue weighted by Crippen LogP contribution is -2.27. The van der Waals surface area contributed by atoms with Crippen molar-refractivity contribution < 1.29 is 37.7 Å². The van der Waals surface area contributed by atoms with Crippen molar-refractivity contribution in [1.82, 2.24) is 9.88 Å². The fourth-order valence-electron chi connectivity index (χ4n) is 5.21. The first kappa shape index (κ1) is 33.8. The van der Waals surface area contributed by atoms with E-state index in [-0.39, 0.29) is 31.1 Å². The zero-order valence-electron chi connectivity index (χ0n) is 26.1. The van der Waals surface area contributed by atoms with Gasteiger partial charge in [0.05, 0.1) is 32.4 Å². The molecule has 0 bridgehead atoms. The SMILES string of the molecule is COC(=O)C[C@H](O)CC(=O)/C=C/c1c(-c2ccc(F)cc2)c(-c2ccc(F)cc2)c(C(=O)NCc2cccc(OC)c2)n1C(C)C. The number of nitrogens with zero attached hydrogens (tertiary/aromatic N) is 1. The topological polar surface area (TPSA) is 107 Å². The van der Waals surface area contributed by atoms with E-state index in [0.29, 0.717) is 33.7 Å². The van der Waals surface area contributed by atoms with Crippen LogP contribution in [0, 0.1) is 11.6 Å². The first-order chi connectivity index (χ1) is 22.0. The number of aromatic nitrogens is 1. The molecule has 0 spiro atoms. The van der Waals surface area contributed by atoms with E-state index < -0.39 is 35.4 Å². The predicted octanol–water partition coefficient (Wildman–Crippen LogP) is 6.52. The highest BCUT2D eigenvalue weighted by molar-refractivity contribution is 6.07. The summed E-state index contributed by atoms with van der Waals surface area (Å²) in [5.74, 6) is -1.83. The van der Waals surface area contributed by atoms with Gasteiger partial charge in [0, 0.05) is 30.1 Å². The van der Waals surface area contributed by atoms with Gasteiger partial charge in [0.2, 0.25) is 0 Å². The van der Waals surface area contributed by atoms with Crippen LogP contribution in [0.5, 0.6) is 5.75 Å². The van der Waals surface area contributed by atoms with Crippen molar-refractivity contribution in [3.05, 3.63) is 107 Å². The Balaban J connectivity index is 1.90. The maximum absolute atomic E-state index is 14.2. The number of carbonyl (C=O) groups is 3. The van der Waals surface area contributed by atoms with Crippen molar-refractivity contribution in [1.29, 1.82) is 0 Å². The number of ketones is 1. The lowest BCUT2D eigenvalue weighted by atomic mass is 9.94.